The van der Waals surface area contributed by atoms with Crippen LogP contribution in [0, 0.1) is 5.92 Å². The molecule has 2 aliphatic rings. The van der Waals surface area contributed by atoms with E-state index in [-0.39, 0.29) is 6.61 Å². The zero-order valence-electron chi connectivity index (χ0n) is 15.2. The molecule has 140 valence electrons. The van der Waals surface area contributed by atoms with Crippen molar-refractivity contribution >= 4 is 5.82 Å². The van der Waals surface area contributed by atoms with E-state index >= 15 is 0 Å². The summed E-state index contributed by atoms with van der Waals surface area (Å²) in [6.07, 6.45) is 4.33. The van der Waals surface area contributed by atoms with Crippen LogP contribution in [-0.4, -0.2) is 65.9 Å². The summed E-state index contributed by atoms with van der Waals surface area (Å²) in [5.41, 5.74) is 7.01. The minimum Gasteiger partial charge on any atom is -0.395 e. The number of anilines is 1. The average molecular weight is 349 g/mol. The summed E-state index contributed by atoms with van der Waals surface area (Å²) >= 11 is 0. The number of nitrogens with two attached hydrogens (primary N) is 1. The van der Waals surface area contributed by atoms with Gasteiger partial charge < -0.3 is 25.8 Å². The van der Waals surface area contributed by atoms with Crippen molar-refractivity contribution in [2.45, 2.75) is 44.2 Å². The van der Waals surface area contributed by atoms with E-state index < -0.39 is 0 Å². The van der Waals surface area contributed by atoms with E-state index in [1.165, 1.54) is 0 Å². The number of ether oxygens (including phenoxy) is 1. The summed E-state index contributed by atoms with van der Waals surface area (Å²) in [6, 6.07) is 2.39. The van der Waals surface area contributed by atoms with Gasteiger partial charge in [0.25, 0.3) is 0 Å². The molecule has 0 bridgehead atoms. The molecule has 1 saturated heterocycles. The highest BCUT2D eigenvalue weighted by Crippen LogP contribution is 2.35. The van der Waals surface area contributed by atoms with Crippen molar-refractivity contribution in [2.24, 2.45) is 11.7 Å². The molecule has 1 aliphatic carbocycles. The fourth-order valence-electron chi connectivity index (χ4n) is 3.72. The van der Waals surface area contributed by atoms with Crippen LogP contribution in [0.1, 0.15) is 43.1 Å². The smallest absolute Gasteiger partial charge is 0.156 e. The quantitative estimate of drug-likeness (QED) is 0.643. The first-order chi connectivity index (χ1) is 12.2. The Morgan fingerprint density at radius 1 is 1.32 bits per heavy atom. The van der Waals surface area contributed by atoms with Crippen LogP contribution in [0.25, 0.3) is 0 Å². The predicted octanol–water partition coefficient (Wildman–Crippen LogP) is 0.944. The van der Waals surface area contributed by atoms with E-state index in [4.69, 9.17) is 15.6 Å². The lowest BCUT2D eigenvalue weighted by Crippen LogP contribution is -2.37. The molecule has 2 fully saturated rings. The van der Waals surface area contributed by atoms with Crippen molar-refractivity contribution in [1.29, 1.82) is 0 Å². The molecule has 0 amide bonds. The molecule has 7 nitrogen and oxygen atoms in total. The molecule has 0 spiro atoms. The molecule has 1 aliphatic heterocycles. The molecule has 3 rings (SSSR count). The number of likely N-dealkylation sites (tertiary alicyclic amines) is 1. The number of methoxy groups -OCH3 is 1. The molecule has 2 heterocycles. The number of nitrogens with zero attached hydrogens (tertiary/aromatic N) is 3. The number of hydrogen-bond donors (Lipinski definition) is 3. The van der Waals surface area contributed by atoms with Gasteiger partial charge in [-0.25, -0.2) is 9.97 Å². The average Bonchev–Trinajstić information content (AvgIpc) is 2.59. The summed E-state index contributed by atoms with van der Waals surface area (Å²) in [5, 5.41) is 12.5. The Morgan fingerprint density at radius 3 is 2.72 bits per heavy atom. The van der Waals surface area contributed by atoms with Crippen molar-refractivity contribution in [3.05, 3.63) is 17.6 Å². The lowest BCUT2D eigenvalue weighted by atomic mass is 9.78. The molecular weight excluding hydrogens is 318 g/mol. The molecule has 0 aromatic carbocycles. The third-order valence-corrected chi connectivity index (χ3v) is 5.35. The number of nitrogens with one attached hydrogen (secondary N) is 1. The first-order valence-electron chi connectivity index (χ1n) is 9.37. The van der Waals surface area contributed by atoms with Gasteiger partial charge in [-0.15, -0.1) is 0 Å². The molecule has 0 radical (unpaired) electrons. The molecule has 7 heteroatoms. The second kappa shape index (κ2) is 8.89. The summed E-state index contributed by atoms with van der Waals surface area (Å²) in [6.45, 7) is 4.54. The molecule has 1 aromatic rings. The number of aliphatic hydroxyl groups excluding tert-OH is 1. The number of aliphatic hydroxyl groups is 1. The second-order valence-electron chi connectivity index (χ2n) is 7.35. The molecule has 25 heavy (non-hydrogen) atoms. The zero-order chi connectivity index (χ0) is 17.6. The number of rotatable bonds is 8. The Balaban J connectivity index is 1.56. The van der Waals surface area contributed by atoms with Crippen molar-refractivity contribution in [3.63, 3.8) is 0 Å². The Bertz CT molecular complexity index is 542. The van der Waals surface area contributed by atoms with Gasteiger partial charge in [0.2, 0.25) is 0 Å². The van der Waals surface area contributed by atoms with Crippen LogP contribution in [0.15, 0.2) is 6.07 Å². The van der Waals surface area contributed by atoms with Crippen LogP contribution in [0.4, 0.5) is 5.82 Å². The molecule has 0 unspecified atom stereocenters. The predicted molar refractivity (Wildman–Crippen MR) is 97.4 cm³/mol. The Kier molecular flexibility index (Phi) is 6.58. The Hall–Kier alpha value is -1.28. The zero-order valence-corrected chi connectivity index (χ0v) is 15.2. The molecule has 0 atom stereocenters. The first kappa shape index (κ1) is 18.5. The van der Waals surface area contributed by atoms with Gasteiger partial charge in [-0.2, -0.15) is 0 Å². The lowest BCUT2D eigenvalue weighted by molar-refractivity contribution is 0.151. The van der Waals surface area contributed by atoms with Gasteiger partial charge in [0.05, 0.1) is 6.61 Å². The third-order valence-electron chi connectivity index (χ3n) is 5.35. The summed E-state index contributed by atoms with van der Waals surface area (Å²) in [5.74, 6) is 2.74. The van der Waals surface area contributed by atoms with E-state index in [0.29, 0.717) is 24.5 Å². The van der Waals surface area contributed by atoms with Crippen molar-refractivity contribution in [2.75, 3.05) is 45.2 Å². The summed E-state index contributed by atoms with van der Waals surface area (Å²) in [4.78, 5) is 11.6. The Morgan fingerprint density at radius 2 is 2.08 bits per heavy atom. The lowest BCUT2D eigenvalue weighted by Gasteiger charge is -2.33. The maximum Gasteiger partial charge on any atom is 0.156 e. The monoisotopic (exact) mass is 349 g/mol. The van der Waals surface area contributed by atoms with Crippen LogP contribution in [-0.2, 0) is 11.3 Å². The van der Waals surface area contributed by atoms with Gasteiger partial charge in [-0.1, -0.05) is 0 Å². The van der Waals surface area contributed by atoms with Crippen LogP contribution in [0.5, 0.6) is 0 Å². The summed E-state index contributed by atoms with van der Waals surface area (Å²) < 4.78 is 5.22. The maximum absolute atomic E-state index is 9.03. The number of hydrogen-bond acceptors (Lipinski definition) is 7. The van der Waals surface area contributed by atoms with E-state index in [1.54, 1.807) is 7.11 Å². The van der Waals surface area contributed by atoms with Crippen LogP contribution >= 0.6 is 0 Å². The highest BCUT2D eigenvalue weighted by Gasteiger charge is 2.29. The number of β-amino-alcohol motifs (C(OH)–C–C–N with tert-alkyl or cyclic N) is 1. The molecule has 1 aromatic heterocycles. The molecular formula is C18H31N5O2. The van der Waals surface area contributed by atoms with Gasteiger partial charge in [-0.3, -0.25) is 0 Å². The maximum atomic E-state index is 9.03. The topological polar surface area (TPSA) is 96.5 Å². The van der Waals surface area contributed by atoms with Gasteiger partial charge in [-0.05, 0) is 44.7 Å². The largest absolute Gasteiger partial charge is 0.395 e. The normalized spacial score (nSPS) is 24.9. The van der Waals surface area contributed by atoms with Crippen LogP contribution < -0.4 is 11.1 Å². The van der Waals surface area contributed by atoms with Crippen molar-refractivity contribution in [3.8, 4) is 0 Å². The van der Waals surface area contributed by atoms with E-state index in [9.17, 15) is 0 Å². The highest BCUT2D eigenvalue weighted by molar-refractivity contribution is 5.38. The third kappa shape index (κ3) is 5.10. The van der Waals surface area contributed by atoms with Crippen molar-refractivity contribution < 1.29 is 9.84 Å². The van der Waals surface area contributed by atoms with Crippen LogP contribution in [0.2, 0.25) is 0 Å². The van der Waals surface area contributed by atoms with Crippen LogP contribution in [0.3, 0.4) is 0 Å². The number of aromatic nitrogens is 2. The van der Waals surface area contributed by atoms with E-state index in [2.05, 4.69) is 26.3 Å². The second-order valence-corrected chi connectivity index (χ2v) is 7.35. The fourth-order valence-corrected chi connectivity index (χ4v) is 3.72. The van der Waals surface area contributed by atoms with Gasteiger partial charge in [0, 0.05) is 43.9 Å². The standard InChI is InChI=1S/C18H31N5O2/c1-25-12-18-21-16(14-8-15(19)9-14)10-17(22-18)20-11-13-2-4-23(5-3-13)6-7-24/h10,13-15,24H,2-9,11-12,19H2,1H3,(H,20,21,22). The number of piperidine rings is 1. The molecule has 4 N–H and O–H groups in total. The summed E-state index contributed by atoms with van der Waals surface area (Å²) in [7, 11) is 1.67. The fraction of sp³-hybridized carbons (Fsp3) is 0.778. The highest BCUT2D eigenvalue weighted by atomic mass is 16.5. The minimum absolute atomic E-state index is 0.250. The van der Waals surface area contributed by atoms with E-state index in [0.717, 1.165) is 69.2 Å². The van der Waals surface area contributed by atoms with E-state index in [1.807, 2.05) is 0 Å². The van der Waals surface area contributed by atoms with Gasteiger partial charge in [0.1, 0.15) is 12.4 Å². The minimum atomic E-state index is 0.250. The molecule has 1 saturated carbocycles. The van der Waals surface area contributed by atoms with Crippen molar-refractivity contribution in [1.82, 2.24) is 14.9 Å². The first-order valence-corrected chi connectivity index (χ1v) is 9.37. The van der Waals surface area contributed by atoms with Gasteiger partial charge >= 0.3 is 0 Å². The Labute approximate surface area is 150 Å². The van der Waals surface area contributed by atoms with Gasteiger partial charge in [0.15, 0.2) is 5.82 Å². The SMILES string of the molecule is COCc1nc(NCC2CCN(CCO)CC2)cc(C2CC(N)C2)n1.